The molecule has 0 spiro atoms. The zero-order valence-electron chi connectivity index (χ0n) is 8.42. The first-order valence-electron chi connectivity index (χ1n) is 4.82. The molecule has 0 radical (unpaired) electrons. The summed E-state index contributed by atoms with van der Waals surface area (Å²) in [7, 11) is 0. The van der Waals surface area contributed by atoms with Crippen LogP contribution in [0.4, 0.5) is 5.88 Å². The van der Waals surface area contributed by atoms with Crippen molar-refractivity contribution in [3.05, 3.63) is 30.0 Å². The Morgan fingerprint density at radius 3 is 3.00 bits per heavy atom. The number of benzene rings is 1. The van der Waals surface area contributed by atoms with Gasteiger partial charge in [0.15, 0.2) is 11.5 Å². The molecule has 1 aliphatic heterocycles. The van der Waals surface area contributed by atoms with Crippen molar-refractivity contribution in [2.75, 3.05) is 12.5 Å². The lowest BCUT2D eigenvalue weighted by Crippen LogP contribution is -2.35. The van der Waals surface area contributed by atoms with E-state index in [-0.39, 0.29) is 6.79 Å². The van der Waals surface area contributed by atoms with Gasteiger partial charge in [0.2, 0.25) is 18.6 Å². The van der Waals surface area contributed by atoms with Crippen molar-refractivity contribution in [1.29, 1.82) is 0 Å². The fourth-order valence-electron chi connectivity index (χ4n) is 1.59. The van der Waals surface area contributed by atoms with Gasteiger partial charge in [0.25, 0.3) is 12.1 Å². The number of hydrogen-bond acceptors (Lipinski definition) is 5. The second-order valence-electron chi connectivity index (χ2n) is 3.49. The summed E-state index contributed by atoms with van der Waals surface area (Å²) < 4.78 is 16.9. The van der Waals surface area contributed by atoms with Gasteiger partial charge in [-0.05, 0) is 22.9 Å². The molecular weight excluding hydrogens is 210 g/mol. The van der Waals surface area contributed by atoms with Crippen molar-refractivity contribution in [2.45, 2.75) is 6.54 Å². The first-order valence-corrected chi connectivity index (χ1v) is 4.82. The molecule has 0 atom stereocenters. The highest BCUT2D eigenvalue weighted by Gasteiger charge is 2.16. The van der Waals surface area contributed by atoms with Crippen LogP contribution in [0.3, 0.4) is 0 Å². The number of anilines is 1. The molecule has 0 bridgehead atoms. The Balaban J connectivity index is 1.85. The van der Waals surface area contributed by atoms with Gasteiger partial charge in [-0.1, -0.05) is 0 Å². The molecule has 2 heterocycles. The van der Waals surface area contributed by atoms with Gasteiger partial charge >= 0.3 is 0 Å². The highest BCUT2D eigenvalue weighted by molar-refractivity contribution is 5.44. The molecule has 6 nitrogen and oxygen atoms in total. The average Bonchev–Trinajstić information content (AvgIpc) is 2.87. The standard InChI is InChI=1S/C10H10N3O3/c11-10-5-13(12-16-10)4-7-1-2-8-9(3-7)15-6-14-8/h1-3,5H,4,6,11H2/q+1. The number of nitrogens with zero attached hydrogens (tertiary/aromatic N) is 2. The summed E-state index contributed by atoms with van der Waals surface area (Å²) in [6.45, 7) is 0.861. The maximum atomic E-state index is 5.43. The van der Waals surface area contributed by atoms with Crippen LogP contribution in [-0.2, 0) is 6.54 Å². The van der Waals surface area contributed by atoms with Crippen LogP contribution in [0, 0.1) is 0 Å². The van der Waals surface area contributed by atoms with E-state index in [1.54, 1.807) is 10.9 Å². The van der Waals surface area contributed by atoms with Crippen molar-refractivity contribution in [3.8, 4) is 11.5 Å². The number of fused-ring (bicyclic) bond motifs is 1. The van der Waals surface area contributed by atoms with Crippen LogP contribution in [0.1, 0.15) is 5.56 Å². The van der Waals surface area contributed by atoms with E-state index in [1.807, 2.05) is 18.2 Å². The lowest BCUT2D eigenvalue weighted by molar-refractivity contribution is -0.754. The van der Waals surface area contributed by atoms with Crippen molar-refractivity contribution in [2.24, 2.45) is 0 Å². The Morgan fingerprint density at radius 1 is 1.31 bits per heavy atom. The van der Waals surface area contributed by atoms with Crippen LogP contribution >= 0.6 is 0 Å². The molecule has 0 saturated carbocycles. The van der Waals surface area contributed by atoms with E-state index in [1.165, 1.54) is 0 Å². The van der Waals surface area contributed by atoms with E-state index < -0.39 is 0 Å². The fourth-order valence-corrected chi connectivity index (χ4v) is 1.59. The lowest BCUT2D eigenvalue weighted by Gasteiger charge is -1.97. The monoisotopic (exact) mass is 220 g/mol. The third-order valence-corrected chi connectivity index (χ3v) is 2.31. The van der Waals surface area contributed by atoms with Gasteiger partial charge in [-0.15, -0.1) is 0 Å². The largest absolute Gasteiger partial charge is 0.454 e. The molecule has 0 amide bonds. The molecule has 6 heteroatoms. The van der Waals surface area contributed by atoms with Crippen LogP contribution in [0.25, 0.3) is 0 Å². The zero-order chi connectivity index (χ0) is 11.0. The molecule has 1 aliphatic rings. The molecule has 0 unspecified atom stereocenters. The third kappa shape index (κ3) is 1.54. The Hall–Kier alpha value is -2.24. The lowest BCUT2D eigenvalue weighted by atomic mass is 10.2. The summed E-state index contributed by atoms with van der Waals surface area (Å²) in [5, 5.41) is 3.75. The molecule has 16 heavy (non-hydrogen) atoms. The van der Waals surface area contributed by atoms with E-state index in [0.29, 0.717) is 12.4 Å². The van der Waals surface area contributed by atoms with E-state index in [4.69, 9.17) is 19.7 Å². The Morgan fingerprint density at radius 2 is 2.19 bits per heavy atom. The minimum absolute atomic E-state index is 0.281. The van der Waals surface area contributed by atoms with Gasteiger partial charge < -0.3 is 15.2 Å². The minimum atomic E-state index is 0.281. The SMILES string of the molecule is Nc1c[n+](Cc2ccc3c(c2)OCO3)no1. The van der Waals surface area contributed by atoms with E-state index in [9.17, 15) is 0 Å². The second kappa shape index (κ2) is 3.41. The van der Waals surface area contributed by atoms with Gasteiger partial charge in [-0.3, -0.25) is 4.52 Å². The van der Waals surface area contributed by atoms with Gasteiger partial charge in [-0.2, -0.15) is 0 Å². The summed E-state index contributed by atoms with van der Waals surface area (Å²) in [4.78, 5) is 0. The van der Waals surface area contributed by atoms with Gasteiger partial charge in [-0.25, -0.2) is 0 Å². The van der Waals surface area contributed by atoms with Crippen LogP contribution in [0.2, 0.25) is 0 Å². The van der Waals surface area contributed by atoms with Gasteiger partial charge in [0, 0.05) is 5.56 Å². The number of rotatable bonds is 2. The van der Waals surface area contributed by atoms with Crippen LogP contribution in [-0.4, -0.2) is 12.1 Å². The van der Waals surface area contributed by atoms with Crippen LogP contribution in [0.15, 0.2) is 28.9 Å². The molecule has 3 rings (SSSR count). The van der Waals surface area contributed by atoms with Crippen LogP contribution < -0.4 is 19.9 Å². The highest BCUT2D eigenvalue weighted by Crippen LogP contribution is 2.32. The number of nitrogen functional groups attached to an aromatic ring is 1. The molecule has 2 N–H and O–H groups in total. The van der Waals surface area contributed by atoms with Crippen molar-refractivity contribution < 1.29 is 18.7 Å². The zero-order valence-corrected chi connectivity index (χ0v) is 8.42. The molecular formula is C10H10N3O3+. The fraction of sp³-hybridized carbons (Fsp3) is 0.200. The number of aromatic nitrogens is 2. The van der Waals surface area contributed by atoms with E-state index in [2.05, 4.69) is 5.27 Å². The molecule has 82 valence electrons. The van der Waals surface area contributed by atoms with Gasteiger partial charge in [0.1, 0.15) is 0 Å². The molecule has 0 aliphatic carbocycles. The van der Waals surface area contributed by atoms with Crippen molar-refractivity contribution in [1.82, 2.24) is 5.27 Å². The van der Waals surface area contributed by atoms with Crippen molar-refractivity contribution >= 4 is 5.88 Å². The summed E-state index contributed by atoms with van der Waals surface area (Å²) in [6, 6.07) is 5.74. The summed E-state index contributed by atoms with van der Waals surface area (Å²) in [6.07, 6.45) is 1.63. The molecule has 1 aromatic carbocycles. The average molecular weight is 220 g/mol. The van der Waals surface area contributed by atoms with E-state index >= 15 is 0 Å². The number of nitrogens with two attached hydrogens (primary N) is 1. The Labute approximate surface area is 91.1 Å². The molecule has 0 saturated heterocycles. The summed E-state index contributed by atoms with van der Waals surface area (Å²) in [5.41, 5.74) is 6.47. The first kappa shape index (κ1) is 9.02. The van der Waals surface area contributed by atoms with E-state index in [0.717, 1.165) is 17.1 Å². The maximum absolute atomic E-state index is 5.43. The smallest absolute Gasteiger partial charge is 0.293 e. The predicted molar refractivity (Wildman–Crippen MR) is 52.8 cm³/mol. The molecule has 2 aromatic rings. The predicted octanol–water partition coefficient (Wildman–Crippen LogP) is 0.321. The van der Waals surface area contributed by atoms with Crippen LogP contribution in [0.5, 0.6) is 11.5 Å². The summed E-state index contributed by atoms with van der Waals surface area (Å²) >= 11 is 0. The Bertz CT molecular complexity index is 524. The number of hydrogen-bond donors (Lipinski definition) is 1. The van der Waals surface area contributed by atoms with Crippen molar-refractivity contribution in [3.63, 3.8) is 0 Å². The highest BCUT2D eigenvalue weighted by atomic mass is 16.7. The number of ether oxygens (including phenoxy) is 2. The summed E-state index contributed by atoms with van der Waals surface area (Å²) in [5.74, 6) is 1.82. The quantitative estimate of drug-likeness (QED) is 0.738. The Kier molecular flexibility index (Phi) is 1.92. The second-order valence-corrected chi connectivity index (χ2v) is 3.49. The minimum Gasteiger partial charge on any atom is -0.454 e. The topological polar surface area (TPSA) is 74.4 Å². The third-order valence-electron chi connectivity index (χ3n) is 2.31. The van der Waals surface area contributed by atoms with Gasteiger partial charge in [0.05, 0.1) is 0 Å². The first-order chi connectivity index (χ1) is 7.81. The molecule has 1 aromatic heterocycles. The normalized spacial score (nSPS) is 13.0. The maximum Gasteiger partial charge on any atom is 0.293 e. The molecule has 0 fully saturated rings.